The molecular formula is C12H13F3O4. The zero-order valence-electron chi connectivity index (χ0n) is 10.3. The van der Waals surface area contributed by atoms with Crippen LogP contribution in [0.25, 0.3) is 0 Å². The number of aliphatic hydroxyl groups excluding tert-OH is 1. The van der Waals surface area contributed by atoms with Crippen molar-refractivity contribution in [2.45, 2.75) is 19.5 Å². The average molecular weight is 278 g/mol. The van der Waals surface area contributed by atoms with Gasteiger partial charge in [0.25, 0.3) is 6.43 Å². The van der Waals surface area contributed by atoms with Crippen molar-refractivity contribution in [3.05, 3.63) is 29.1 Å². The summed E-state index contributed by atoms with van der Waals surface area (Å²) in [5, 5.41) is 9.70. The van der Waals surface area contributed by atoms with Gasteiger partial charge in [0.15, 0.2) is 17.7 Å². The highest BCUT2D eigenvalue weighted by Gasteiger charge is 2.26. The van der Waals surface area contributed by atoms with Gasteiger partial charge in [-0.25, -0.2) is 18.0 Å². The van der Waals surface area contributed by atoms with Crippen LogP contribution in [-0.4, -0.2) is 24.8 Å². The molecule has 1 rings (SSSR count). The predicted molar refractivity (Wildman–Crippen MR) is 59.5 cm³/mol. The zero-order valence-corrected chi connectivity index (χ0v) is 10.3. The summed E-state index contributed by atoms with van der Waals surface area (Å²) in [5.41, 5.74) is -1.05. The smallest absolute Gasteiger partial charge is 0.339 e. The van der Waals surface area contributed by atoms with Crippen molar-refractivity contribution in [2.75, 3.05) is 13.7 Å². The fourth-order valence-electron chi connectivity index (χ4n) is 1.53. The van der Waals surface area contributed by atoms with Crippen molar-refractivity contribution in [1.29, 1.82) is 0 Å². The van der Waals surface area contributed by atoms with E-state index in [1.54, 1.807) is 0 Å². The van der Waals surface area contributed by atoms with Gasteiger partial charge in [0, 0.05) is 11.1 Å². The van der Waals surface area contributed by atoms with Crippen LogP contribution in [0.4, 0.5) is 13.2 Å². The van der Waals surface area contributed by atoms with Crippen LogP contribution in [0.5, 0.6) is 5.75 Å². The first-order valence-corrected chi connectivity index (χ1v) is 5.42. The zero-order chi connectivity index (χ0) is 14.6. The van der Waals surface area contributed by atoms with Crippen LogP contribution in [-0.2, 0) is 9.53 Å². The molecule has 0 fully saturated rings. The average Bonchev–Trinajstić information content (AvgIpc) is 2.36. The molecule has 1 N–H and O–H groups in total. The summed E-state index contributed by atoms with van der Waals surface area (Å²) in [6.07, 6.45) is -4.82. The Kier molecular flexibility index (Phi) is 5.17. The third-order valence-corrected chi connectivity index (χ3v) is 2.36. The fraction of sp³-hybridized carbons (Fsp3) is 0.417. The second-order valence-corrected chi connectivity index (χ2v) is 3.58. The number of ether oxygens (including phenoxy) is 2. The third-order valence-electron chi connectivity index (χ3n) is 2.36. The lowest BCUT2D eigenvalue weighted by atomic mass is 10.0. The third kappa shape index (κ3) is 3.37. The predicted octanol–water partition coefficient (Wildman–Crippen LogP) is 2.37. The standard InChI is InChI=1S/C12H13F3O4/c1-3-19-12(17)9(16)7-4-6(11(14)15)5-8(13)10(7)18-2/h4-5,9,11,16H,3H2,1-2H3. The Hall–Kier alpha value is -1.76. The SMILES string of the molecule is CCOC(=O)C(O)c1cc(C(F)F)cc(F)c1OC. The molecule has 0 saturated carbocycles. The molecule has 0 aliphatic carbocycles. The van der Waals surface area contributed by atoms with Gasteiger partial charge in [0.05, 0.1) is 13.7 Å². The molecule has 1 aromatic rings. The molecule has 0 aliphatic heterocycles. The summed E-state index contributed by atoms with van der Waals surface area (Å²) in [7, 11) is 1.10. The molecule has 0 aromatic heterocycles. The molecule has 0 radical (unpaired) electrons. The number of rotatable bonds is 5. The van der Waals surface area contributed by atoms with Crippen LogP contribution in [0, 0.1) is 5.82 Å². The van der Waals surface area contributed by atoms with E-state index in [4.69, 9.17) is 0 Å². The number of hydrogen-bond donors (Lipinski definition) is 1. The number of aliphatic hydroxyl groups is 1. The molecule has 19 heavy (non-hydrogen) atoms. The van der Waals surface area contributed by atoms with Crippen LogP contribution in [0.15, 0.2) is 12.1 Å². The van der Waals surface area contributed by atoms with Gasteiger partial charge in [-0.15, -0.1) is 0 Å². The molecule has 0 amide bonds. The summed E-state index contributed by atoms with van der Waals surface area (Å²) in [5.74, 6) is -2.62. The quantitative estimate of drug-likeness (QED) is 0.840. The summed E-state index contributed by atoms with van der Waals surface area (Å²) >= 11 is 0. The number of carbonyl (C=O) groups excluding carboxylic acids is 1. The molecule has 1 aromatic carbocycles. The van der Waals surface area contributed by atoms with Crippen molar-refractivity contribution in [3.63, 3.8) is 0 Å². The summed E-state index contributed by atoms with van der Waals surface area (Å²) < 4.78 is 47.9. The van der Waals surface area contributed by atoms with E-state index in [-0.39, 0.29) is 6.61 Å². The molecule has 0 aliphatic rings. The van der Waals surface area contributed by atoms with Crippen molar-refractivity contribution in [2.24, 2.45) is 0 Å². The Morgan fingerprint density at radius 2 is 2.05 bits per heavy atom. The van der Waals surface area contributed by atoms with Gasteiger partial charge in [-0.1, -0.05) is 0 Å². The Morgan fingerprint density at radius 3 is 2.53 bits per heavy atom. The molecule has 0 bridgehead atoms. The maximum atomic E-state index is 13.6. The first-order chi connectivity index (χ1) is 8.92. The molecule has 0 heterocycles. The number of alkyl halides is 2. The van der Waals surface area contributed by atoms with Crippen molar-refractivity contribution < 1.29 is 32.5 Å². The Bertz CT molecular complexity index is 463. The van der Waals surface area contributed by atoms with Crippen LogP contribution >= 0.6 is 0 Å². The number of benzene rings is 1. The summed E-state index contributed by atoms with van der Waals surface area (Å²) in [4.78, 5) is 11.4. The van der Waals surface area contributed by atoms with Crippen molar-refractivity contribution in [3.8, 4) is 5.75 Å². The lowest BCUT2D eigenvalue weighted by Crippen LogP contribution is -2.17. The maximum absolute atomic E-state index is 13.6. The van der Waals surface area contributed by atoms with Gasteiger partial charge in [-0.05, 0) is 19.1 Å². The summed E-state index contributed by atoms with van der Waals surface area (Å²) in [6.45, 7) is 1.51. The van der Waals surface area contributed by atoms with E-state index in [0.29, 0.717) is 6.07 Å². The number of hydrogen-bond acceptors (Lipinski definition) is 4. The molecule has 1 atom stereocenters. The van der Waals surface area contributed by atoms with Crippen LogP contribution in [0.1, 0.15) is 30.6 Å². The molecule has 7 heteroatoms. The molecule has 106 valence electrons. The van der Waals surface area contributed by atoms with E-state index in [1.165, 1.54) is 6.92 Å². The number of halogens is 3. The van der Waals surface area contributed by atoms with Gasteiger partial charge < -0.3 is 14.6 Å². The second kappa shape index (κ2) is 6.42. The number of carbonyl (C=O) groups is 1. The Balaban J connectivity index is 3.26. The first kappa shape index (κ1) is 15.3. The second-order valence-electron chi connectivity index (χ2n) is 3.58. The lowest BCUT2D eigenvalue weighted by molar-refractivity contribution is -0.153. The van der Waals surface area contributed by atoms with Crippen molar-refractivity contribution in [1.82, 2.24) is 0 Å². The highest BCUT2D eigenvalue weighted by atomic mass is 19.3. The van der Waals surface area contributed by atoms with Gasteiger partial charge in [-0.2, -0.15) is 0 Å². The molecular weight excluding hydrogens is 265 g/mol. The van der Waals surface area contributed by atoms with Crippen LogP contribution < -0.4 is 4.74 Å². The topological polar surface area (TPSA) is 55.8 Å². The Morgan fingerprint density at radius 1 is 1.42 bits per heavy atom. The first-order valence-electron chi connectivity index (χ1n) is 5.42. The molecule has 1 unspecified atom stereocenters. The largest absolute Gasteiger partial charge is 0.493 e. The fourth-order valence-corrected chi connectivity index (χ4v) is 1.53. The van der Waals surface area contributed by atoms with Gasteiger partial charge in [0.1, 0.15) is 0 Å². The highest BCUT2D eigenvalue weighted by Crippen LogP contribution is 2.33. The molecule has 0 spiro atoms. The highest BCUT2D eigenvalue weighted by molar-refractivity contribution is 5.77. The number of methoxy groups -OCH3 is 1. The van der Waals surface area contributed by atoms with Crippen LogP contribution in [0.3, 0.4) is 0 Å². The van der Waals surface area contributed by atoms with E-state index in [0.717, 1.165) is 13.2 Å². The lowest BCUT2D eigenvalue weighted by Gasteiger charge is -2.15. The maximum Gasteiger partial charge on any atom is 0.339 e. The minimum atomic E-state index is -2.94. The van der Waals surface area contributed by atoms with E-state index in [2.05, 4.69) is 9.47 Å². The minimum Gasteiger partial charge on any atom is -0.493 e. The normalized spacial score (nSPS) is 12.4. The summed E-state index contributed by atoms with van der Waals surface area (Å²) in [6, 6.07) is 1.40. The van der Waals surface area contributed by atoms with Crippen molar-refractivity contribution >= 4 is 5.97 Å². The minimum absolute atomic E-state index is 0.00473. The van der Waals surface area contributed by atoms with Gasteiger partial charge in [0.2, 0.25) is 0 Å². The van der Waals surface area contributed by atoms with E-state index >= 15 is 0 Å². The molecule has 4 nitrogen and oxygen atoms in total. The van der Waals surface area contributed by atoms with E-state index < -0.39 is 41.2 Å². The van der Waals surface area contributed by atoms with E-state index in [1.807, 2.05) is 0 Å². The van der Waals surface area contributed by atoms with Gasteiger partial charge >= 0.3 is 5.97 Å². The van der Waals surface area contributed by atoms with E-state index in [9.17, 15) is 23.1 Å². The molecule has 0 saturated heterocycles. The van der Waals surface area contributed by atoms with Gasteiger partial charge in [-0.3, -0.25) is 0 Å². The van der Waals surface area contributed by atoms with Crippen LogP contribution in [0.2, 0.25) is 0 Å². The monoisotopic (exact) mass is 278 g/mol. The Labute approximate surface area is 107 Å². The number of esters is 1.